The SMILES string of the molecule is Cc1nc(Nc2ccc(Br)cn2)sc1C(=O)NCc1cccnc1. The van der Waals surface area contributed by atoms with E-state index in [0.29, 0.717) is 28.1 Å². The number of pyridine rings is 2. The zero-order valence-corrected chi connectivity index (χ0v) is 15.2. The van der Waals surface area contributed by atoms with Crippen LogP contribution in [0.15, 0.2) is 47.3 Å². The second-order valence-corrected chi connectivity index (χ2v) is 6.88. The number of carbonyl (C=O) groups excluding carboxylic acids is 1. The molecule has 2 N–H and O–H groups in total. The number of amides is 1. The van der Waals surface area contributed by atoms with Gasteiger partial charge in [0.15, 0.2) is 5.13 Å². The van der Waals surface area contributed by atoms with Crippen LogP contribution >= 0.6 is 27.3 Å². The Bertz CT molecular complexity index is 835. The van der Waals surface area contributed by atoms with Gasteiger partial charge in [-0.2, -0.15) is 0 Å². The van der Waals surface area contributed by atoms with E-state index >= 15 is 0 Å². The number of nitrogens with zero attached hydrogens (tertiary/aromatic N) is 3. The monoisotopic (exact) mass is 403 g/mol. The molecule has 8 heteroatoms. The lowest BCUT2D eigenvalue weighted by Gasteiger charge is -2.03. The van der Waals surface area contributed by atoms with Crippen LogP contribution in [0.1, 0.15) is 20.9 Å². The third kappa shape index (κ3) is 4.15. The number of carbonyl (C=O) groups is 1. The Kier molecular flexibility index (Phi) is 5.17. The fourth-order valence-electron chi connectivity index (χ4n) is 1.99. The minimum atomic E-state index is -0.148. The van der Waals surface area contributed by atoms with Crippen LogP contribution in [0.5, 0.6) is 0 Å². The Morgan fingerprint density at radius 1 is 1.29 bits per heavy atom. The molecule has 0 saturated carbocycles. The van der Waals surface area contributed by atoms with Crippen molar-refractivity contribution in [2.45, 2.75) is 13.5 Å². The summed E-state index contributed by atoms with van der Waals surface area (Å²) in [6.07, 6.45) is 5.13. The Labute approximate surface area is 151 Å². The highest BCUT2D eigenvalue weighted by atomic mass is 79.9. The Morgan fingerprint density at radius 2 is 2.17 bits per heavy atom. The third-order valence-corrected chi connectivity index (χ3v) is 4.68. The largest absolute Gasteiger partial charge is 0.347 e. The zero-order chi connectivity index (χ0) is 16.9. The predicted octanol–water partition coefficient (Wildman–Crippen LogP) is 3.68. The van der Waals surface area contributed by atoms with Crippen LogP contribution in [0.2, 0.25) is 0 Å². The number of hydrogen-bond acceptors (Lipinski definition) is 6. The van der Waals surface area contributed by atoms with Crippen LogP contribution in [-0.2, 0) is 6.54 Å². The topological polar surface area (TPSA) is 79.8 Å². The number of halogens is 1. The van der Waals surface area contributed by atoms with Crippen molar-refractivity contribution in [2.75, 3.05) is 5.32 Å². The number of thiazole rings is 1. The fraction of sp³-hybridized carbons (Fsp3) is 0.125. The van der Waals surface area contributed by atoms with Crippen LogP contribution in [0.3, 0.4) is 0 Å². The van der Waals surface area contributed by atoms with Gasteiger partial charge in [-0.05, 0) is 46.6 Å². The highest BCUT2D eigenvalue weighted by Gasteiger charge is 2.15. The van der Waals surface area contributed by atoms with Crippen LogP contribution in [0.25, 0.3) is 0 Å². The maximum absolute atomic E-state index is 12.3. The maximum Gasteiger partial charge on any atom is 0.263 e. The van der Waals surface area contributed by atoms with Gasteiger partial charge in [-0.25, -0.2) is 9.97 Å². The smallest absolute Gasteiger partial charge is 0.263 e. The molecule has 0 atom stereocenters. The molecule has 6 nitrogen and oxygen atoms in total. The predicted molar refractivity (Wildman–Crippen MR) is 97.5 cm³/mol. The molecule has 0 spiro atoms. The number of aromatic nitrogens is 3. The van der Waals surface area contributed by atoms with Crippen molar-refractivity contribution in [1.29, 1.82) is 0 Å². The van der Waals surface area contributed by atoms with Gasteiger partial charge in [-0.15, -0.1) is 0 Å². The molecule has 3 aromatic heterocycles. The van der Waals surface area contributed by atoms with Crippen molar-refractivity contribution in [1.82, 2.24) is 20.3 Å². The molecule has 0 aliphatic rings. The number of aryl methyl sites for hydroxylation is 1. The minimum absolute atomic E-state index is 0.148. The number of nitrogens with one attached hydrogen (secondary N) is 2. The maximum atomic E-state index is 12.3. The molecule has 1 amide bonds. The van der Waals surface area contributed by atoms with Gasteiger partial charge in [-0.3, -0.25) is 9.78 Å². The molecule has 0 saturated heterocycles. The fourth-order valence-corrected chi connectivity index (χ4v) is 3.11. The summed E-state index contributed by atoms with van der Waals surface area (Å²) in [5, 5.41) is 6.62. The Morgan fingerprint density at radius 3 is 2.88 bits per heavy atom. The summed E-state index contributed by atoms with van der Waals surface area (Å²) in [7, 11) is 0. The average molecular weight is 404 g/mol. The summed E-state index contributed by atoms with van der Waals surface area (Å²) >= 11 is 4.64. The van der Waals surface area contributed by atoms with Crippen LogP contribution < -0.4 is 10.6 Å². The zero-order valence-electron chi connectivity index (χ0n) is 12.8. The van der Waals surface area contributed by atoms with Crippen molar-refractivity contribution in [2.24, 2.45) is 0 Å². The first kappa shape index (κ1) is 16.5. The van der Waals surface area contributed by atoms with Crippen molar-refractivity contribution in [3.63, 3.8) is 0 Å². The van der Waals surface area contributed by atoms with Gasteiger partial charge in [0.25, 0.3) is 5.91 Å². The summed E-state index contributed by atoms with van der Waals surface area (Å²) in [5.41, 5.74) is 1.63. The van der Waals surface area contributed by atoms with Crippen molar-refractivity contribution in [3.8, 4) is 0 Å². The number of hydrogen-bond donors (Lipinski definition) is 2. The van der Waals surface area contributed by atoms with Crippen LogP contribution in [0.4, 0.5) is 10.9 Å². The molecule has 0 aliphatic carbocycles. The van der Waals surface area contributed by atoms with E-state index in [4.69, 9.17) is 0 Å². The van der Waals surface area contributed by atoms with E-state index in [-0.39, 0.29) is 5.91 Å². The summed E-state index contributed by atoms with van der Waals surface area (Å²) < 4.78 is 0.902. The molecule has 3 aromatic rings. The molecule has 24 heavy (non-hydrogen) atoms. The number of anilines is 2. The lowest BCUT2D eigenvalue weighted by Crippen LogP contribution is -2.22. The van der Waals surface area contributed by atoms with Gasteiger partial charge in [0.05, 0.1) is 5.69 Å². The molecule has 122 valence electrons. The molecule has 0 aromatic carbocycles. The first-order valence-electron chi connectivity index (χ1n) is 7.15. The van der Waals surface area contributed by atoms with E-state index in [1.54, 1.807) is 18.6 Å². The lowest BCUT2D eigenvalue weighted by atomic mass is 10.3. The molecular weight excluding hydrogens is 390 g/mol. The van der Waals surface area contributed by atoms with Gasteiger partial charge in [0.1, 0.15) is 10.7 Å². The molecular formula is C16H14BrN5OS. The van der Waals surface area contributed by atoms with Gasteiger partial charge in [0.2, 0.25) is 0 Å². The molecule has 0 aliphatic heterocycles. The normalized spacial score (nSPS) is 10.4. The quantitative estimate of drug-likeness (QED) is 0.678. The van der Waals surface area contributed by atoms with Gasteiger partial charge in [-0.1, -0.05) is 17.4 Å². The van der Waals surface area contributed by atoms with Crippen LogP contribution in [-0.4, -0.2) is 20.9 Å². The lowest BCUT2D eigenvalue weighted by molar-refractivity contribution is 0.0954. The molecule has 3 rings (SSSR count). The van der Waals surface area contributed by atoms with Crippen molar-refractivity contribution in [3.05, 3.63) is 63.5 Å². The van der Waals surface area contributed by atoms with E-state index in [1.807, 2.05) is 31.2 Å². The third-order valence-electron chi connectivity index (χ3n) is 3.14. The van der Waals surface area contributed by atoms with Crippen molar-refractivity contribution < 1.29 is 4.79 Å². The summed E-state index contributed by atoms with van der Waals surface area (Å²) in [6.45, 7) is 2.25. The summed E-state index contributed by atoms with van der Waals surface area (Å²) in [5.74, 6) is 0.528. The minimum Gasteiger partial charge on any atom is -0.347 e. The first-order valence-corrected chi connectivity index (χ1v) is 8.76. The molecule has 0 bridgehead atoms. The Balaban J connectivity index is 1.66. The number of rotatable bonds is 5. The molecule has 3 heterocycles. The van der Waals surface area contributed by atoms with E-state index in [0.717, 1.165) is 10.0 Å². The van der Waals surface area contributed by atoms with Gasteiger partial charge >= 0.3 is 0 Å². The van der Waals surface area contributed by atoms with E-state index in [9.17, 15) is 4.79 Å². The van der Waals surface area contributed by atoms with Crippen molar-refractivity contribution >= 4 is 44.1 Å². The molecule has 0 radical (unpaired) electrons. The average Bonchev–Trinajstić information content (AvgIpc) is 2.96. The molecule has 0 fully saturated rings. The summed E-state index contributed by atoms with van der Waals surface area (Å²) in [6, 6.07) is 7.48. The summed E-state index contributed by atoms with van der Waals surface area (Å²) in [4.78, 5) is 25.6. The second kappa shape index (κ2) is 7.50. The second-order valence-electron chi connectivity index (χ2n) is 4.96. The van der Waals surface area contributed by atoms with Gasteiger partial charge in [0, 0.05) is 29.6 Å². The highest BCUT2D eigenvalue weighted by molar-refractivity contribution is 9.10. The molecule has 0 unspecified atom stereocenters. The van der Waals surface area contributed by atoms with Crippen LogP contribution in [0, 0.1) is 6.92 Å². The van der Waals surface area contributed by atoms with E-state index in [2.05, 4.69) is 41.5 Å². The van der Waals surface area contributed by atoms with E-state index < -0.39 is 0 Å². The Hall–Kier alpha value is -2.32. The first-order chi connectivity index (χ1) is 11.6. The van der Waals surface area contributed by atoms with E-state index in [1.165, 1.54) is 11.3 Å². The highest BCUT2D eigenvalue weighted by Crippen LogP contribution is 2.25. The standard InChI is InChI=1S/C16H14BrN5OS/c1-10-14(15(23)20-8-11-3-2-6-18-7-11)24-16(21-10)22-13-5-4-12(17)9-19-13/h2-7,9H,8H2,1H3,(H,20,23)(H,19,21,22). The van der Waals surface area contributed by atoms with Gasteiger partial charge < -0.3 is 10.6 Å².